The number of aromatic nitrogens is 1. The minimum Gasteiger partial charge on any atom is -0.354 e. The van der Waals surface area contributed by atoms with Gasteiger partial charge in [0.1, 0.15) is 0 Å². The van der Waals surface area contributed by atoms with Gasteiger partial charge in [-0.15, -0.1) is 24.8 Å². The summed E-state index contributed by atoms with van der Waals surface area (Å²) in [6.45, 7) is 2.55. The molecule has 2 bridgehead atoms. The maximum atomic E-state index is 12.6. The van der Waals surface area contributed by atoms with Gasteiger partial charge in [-0.1, -0.05) is 0 Å². The van der Waals surface area contributed by atoms with E-state index in [0.29, 0.717) is 37.3 Å². The lowest BCUT2D eigenvalue weighted by Gasteiger charge is -2.54. The third kappa shape index (κ3) is 4.97. The fraction of sp³-hybridized carbons (Fsp3) is 0.650. The van der Waals surface area contributed by atoms with Crippen molar-refractivity contribution in [1.29, 1.82) is 0 Å². The lowest BCUT2D eigenvalue weighted by molar-refractivity contribution is -0.149. The predicted octanol–water partition coefficient (Wildman–Crippen LogP) is 1.96. The molecular weight excluding hydrogens is 399 g/mol. The molecular formula is C20H30Cl2N4O2. The molecule has 3 fully saturated rings. The number of halogens is 2. The number of rotatable bonds is 5. The van der Waals surface area contributed by atoms with Crippen LogP contribution in [0.3, 0.4) is 0 Å². The first-order valence-corrected chi connectivity index (χ1v) is 9.90. The quantitative estimate of drug-likeness (QED) is 0.751. The van der Waals surface area contributed by atoms with E-state index >= 15 is 0 Å². The predicted molar refractivity (Wildman–Crippen MR) is 113 cm³/mol. The summed E-state index contributed by atoms with van der Waals surface area (Å²) >= 11 is 0. The van der Waals surface area contributed by atoms with Gasteiger partial charge in [0.15, 0.2) is 0 Å². The highest BCUT2D eigenvalue weighted by Gasteiger charge is 2.47. The minimum absolute atomic E-state index is 0. The van der Waals surface area contributed by atoms with Crippen LogP contribution in [0.5, 0.6) is 0 Å². The second-order valence-corrected chi connectivity index (χ2v) is 7.90. The summed E-state index contributed by atoms with van der Waals surface area (Å²) in [7, 11) is 0. The molecule has 0 aliphatic carbocycles. The molecule has 0 radical (unpaired) electrons. The first-order chi connectivity index (χ1) is 12.7. The minimum atomic E-state index is 0. The normalized spacial score (nSPS) is 28.4. The van der Waals surface area contributed by atoms with Crippen molar-refractivity contribution in [2.75, 3.05) is 19.6 Å². The molecule has 2 amide bonds. The van der Waals surface area contributed by atoms with Crippen molar-refractivity contribution in [3.05, 3.63) is 30.1 Å². The molecule has 156 valence electrons. The third-order valence-electron chi connectivity index (χ3n) is 6.30. The van der Waals surface area contributed by atoms with E-state index < -0.39 is 0 Å². The van der Waals surface area contributed by atoms with Gasteiger partial charge in [0.2, 0.25) is 11.8 Å². The first kappa shape index (κ1) is 22.9. The second-order valence-electron chi connectivity index (χ2n) is 7.90. The van der Waals surface area contributed by atoms with Crippen LogP contribution < -0.4 is 10.6 Å². The molecule has 28 heavy (non-hydrogen) atoms. The van der Waals surface area contributed by atoms with E-state index in [0.717, 1.165) is 37.9 Å². The summed E-state index contributed by atoms with van der Waals surface area (Å²) in [5.74, 6) is 1.38. The summed E-state index contributed by atoms with van der Waals surface area (Å²) in [5.41, 5.74) is 1.12. The Bertz CT molecular complexity index is 661. The van der Waals surface area contributed by atoms with Crippen molar-refractivity contribution in [3.8, 4) is 0 Å². The molecule has 1 aromatic rings. The van der Waals surface area contributed by atoms with E-state index in [9.17, 15) is 9.59 Å². The highest BCUT2D eigenvalue weighted by molar-refractivity contribution is 5.85. The van der Waals surface area contributed by atoms with Gasteiger partial charge in [-0.05, 0) is 61.8 Å². The molecule has 3 aliphatic heterocycles. The summed E-state index contributed by atoms with van der Waals surface area (Å²) in [6.07, 6.45) is 8.66. The Morgan fingerprint density at radius 3 is 2.75 bits per heavy atom. The highest BCUT2D eigenvalue weighted by atomic mass is 35.5. The average molecular weight is 429 g/mol. The maximum absolute atomic E-state index is 12.6. The first-order valence-electron chi connectivity index (χ1n) is 9.90. The number of amides is 2. The fourth-order valence-corrected chi connectivity index (χ4v) is 5.01. The number of carbonyl (C=O) groups is 2. The Morgan fingerprint density at radius 1 is 1.21 bits per heavy atom. The van der Waals surface area contributed by atoms with E-state index in [-0.39, 0.29) is 42.7 Å². The van der Waals surface area contributed by atoms with E-state index in [4.69, 9.17) is 0 Å². The van der Waals surface area contributed by atoms with Crippen LogP contribution in [-0.4, -0.2) is 53.4 Å². The molecule has 2 N–H and O–H groups in total. The van der Waals surface area contributed by atoms with Gasteiger partial charge < -0.3 is 15.5 Å². The van der Waals surface area contributed by atoms with Gasteiger partial charge >= 0.3 is 0 Å². The van der Waals surface area contributed by atoms with Crippen LogP contribution in [-0.2, 0) is 16.0 Å². The summed E-state index contributed by atoms with van der Waals surface area (Å²) in [6, 6.07) is 4.39. The average Bonchev–Trinajstić information content (AvgIpc) is 2.68. The largest absolute Gasteiger partial charge is 0.354 e. The Labute approximate surface area is 179 Å². The molecule has 6 nitrogen and oxygen atoms in total. The number of nitrogens with one attached hydrogen (secondary N) is 2. The number of pyridine rings is 1. The van der Waals surface area contributed by atoms with Crippen molar-refractivity contribution in [2.45, 2.75) is 50.6 Å². The van der Waals surface area contributed by atoms with E-state index in [1.807, 2.05) is 12.1 Å². The van der Waals surface area contributed by atoms with Crippen LogP contribution in [0.15, 0.2) is 24.5 Å². The fourth-order valence-electron chi connectivity index (χ4n) is 5.01. The van der Waals surface area contributed by atoms with Gasteiger partial charge in [0.25, 0.3) is 0 Å². The van der Waals surface area contributed by atoms with Crippen LogP contribution in [0.1, 0.15) is 37.7 Å². The van der Waals surface area contributed by atoms with Gasteiger partial charge in [-0.3, -0.25) is 14.6 Å². The van der Waals surface area contributed by atoms with E-state index in [1.165, 1.54) is 6.42 Å². The lowest BCUT2D eigenvalue weighted by atomic mass is 9.72. The van der Waals surface area contributed by atoms with Crippen molar-refractivity contribution in [2.24, 2.45) is 11.8 Å². The van der Waals surface area contributed by atoms with Crippen molar-refractivity contribution in [3.63, 3.8) is 0 Å². The Hall–Kier alpha value is -1.37. The van der Waals surface area contributed by atoms with Crippen LogP contribution in [0.25, 0.3) is 0 Å². The highest BCUT2D eigenvalue weighted by Crippen LogP contribution is 2.39. The third-order valence-corrected chi connectivity index (χ3v) is 6.30. The number of piperidine rings is 3. The summed E-state index contributed by atoms with van der Waals surface area (Å²) in [4.78, 5) is 31.1. The standard InChI is InChI=1S/C20H28N4O2.2ClH/c25-19(5-4-14-6-8-21-9-7-14)23-13-18-16-10-15(11-22-12-16)17-2-1-3-20(26)24(17)18;;/h6-9,15-18,22H,1-5,10-13H2,(H,23,25);2*1H/t15-,16+,17+,18+;;/m1../s1. The van der Waals surface area contributed by atoms with Crippen LogP contribution in [0.4, 0.5) is 0 Å². The van der Waals surface area contributed by atoms with Crippen molar-refractivity contribution in [1.82, 2.24) is 20.5 Å². The summed E-state index contributed by atoms with van der Waals surface area (Å²) in [5, 5.41) is 6.65. The molecule has 0 saturated carbocycles. The van der Waals surface area contributed by atoms with Crippen LogP contribution >= 0.6 is 24.8 Å². The number of fused-ring (bicyclic) bond motifs is 4. The zero-order chi connectivity index (χ0) is 17.9. The zero-order valence-corrected chi connectivity index (χ0v) is 17.6. The zero-order valence-electron chi connectivity index (χ0n) is 16.0. The smallest absolute Gasteiger partial charge is 0.223 e. The monoisotopic (exact) mass is 428 g/mol. The molecule has 0 spiro atoms. The molecule has 4 rings (SSSR count). The van der Waals surface area contributed by atoms with Gasteiger partial charge in [-0.25, -0.2) is 0 Å². The van der Waals surface area contributed by atoms with E-state index in [2.05, 4.69) is 20.5 Å². The van der Waals surface area contributed by atoms with Crippen LogP contribution in [0.2, 0.25) is 0 Å². The molecule has 3 aliphatic rings. The topological polar surface area (TPSA) is 74.3 Å². The molecule has 1 aromatic heterocycles. The molecule has 4 atom stereocenters. The van der Waals surface area contributed by atoms with Crippen LogP contribution in [0, 0.1) is 11.8 Å². The lowest BCUT2D eigenvalue weighted by Crippen LogP contribution is -2.66. The molecule has 0 aromatic carbocycles. The number of aryl methyl sites for hydroxylation is 1. The maximum Gasteiger partial charge on any atom is 0.223 e. The number of hydrogen-bond acceptors (Lipinski definition) is 4. The van der Waals surface area contributed by atoms with Gasteiger partial charge in [0, 0.05) is 44.4 Å². The molecule has 8 heteroatoms. The Morgan fingerprint density at radius 2 is 1.96 bits per heavy atom. The van der Waals surface area contributed by atoms with Crippen molar-refractivity contribution >= 4 is 36.6 Å². The van der Waals surface area contributed by atoms with Crippen molar-refractivity contribution < 1.29 is 9.59 Å². The molecule has 3 saturated heterocycles. The SMILES string of the molecule is Cl.Cl.O=C(CCc1ccncc1)NC[C@H]1[C@@H]2CNC[C@@H](C2)[C@@H]2CCCC(=O)N21. The number of nitrogens with zero attached hydrogens (tertiary/aromatic N) is 2. The number of hydrogen-bond donors (Lipinski definition) is 2. The van der Waals surface area contributed by atoms with E-state index in [1.54, 1.807) is 12.4 Å². The molecule has 0 unspecified atom stereocenters. The Kier molecular flexibility index (Phi) is 8.53. The van der Waals surface area contributed by atoms with Gasteiger partial charge in [0.05, 0.1) is 6.04 Å². The second kappa shape index (κ2) is 10.4. The molecule has 4 heterocycles. The summed E-state index contributed by atoms with van der Waals surface area (Å²) < 4.78 is 0. The Balaban J connectivity index is 0.00000140. The number of carbonyl (C=O) groups excluding carboxylic acids is 2. The van der Waals surface area contributed by atoms with Gasteiger partial charge in [-0.2, -0.15) is 0 Å².